The normalized spacial score (nSPS) is 19.0. The van der Waals surface area contributed by atoms with Crippen molar-refractivity contribution >= 4 is 11.8 Å². The van der Waals surface area contributed by atoms with Crippen molar-refractivity contribution in [3.8, 4) is 0 Å². The number of ketones is 1. The Labute approximate surface area is 99.5 Å². The molecule has 0 N–H and O–H groups in total. The number of hydrogen-bond acceptors (Lipinski definition) is 4. The van der Waals surface area contributed by atoms with E-state index < -0.39 is 5.97 Å². The van der Waals surface area contributed by atoms with Crippen LogP contribution in [0.1, 0.15) is 27.1 Å². The third-order valence-corrected chi connectivity index (χ3v) is 2.89. The molecule has 17 heavy (non-hydrogen) atoms. The predicted octanol–water partition coefficient (Wildman–Crippen LogP) is 1.69. The lowest BCUT2D eigenvalue weighted by Crippen LogP contribution is -2.14. The Morgan fingerprint density at radius 2 is 1.88 bits per heavy atom. The summed E-state index contributed by atoms with van der Waals surface area (Å²) in [6.45, 7) is 1.15. The Bertz CT molecular complexity index is 416. The average Bonchev–Trinajstić information content (AvgIpc) is 2.91. The maximum atomic E-state index is 12.0. The van der Waals surface area contributed by atoms with Gasteiger partial charge in [-0.2, -0.15) is 0 Å². The van der Waals surface area contributed by atoms with Gasteiger partial charge in [-0.05, 0) is 18.6 Å². The molecule has 1 atom stereocenters. The van der Waals surface area contributed by atoms with Crippen LogP contribution in [0.2, 0.25) is 0 Å². The lowest BCUT2D eigenvalue weighted by atomic mass is 9.96. The molecule has 4 heteroatoms. The summed E-state index contributed by atoms with van der Waals surface area (Å²) in [5, 5.41) is 0. The highest BCUT2D eigenvalue weighted by Crippen LogP contribution is 2.18. The molecule has 0 spiro atoms. The van der Waals surface area contributed by atoms with Crippen LogP contribution in [0.5, 0.6) is 0 Å². The summed E-state index contributed by atoms with van der Waals surface area (Å²) < 4.78 is 9.78. The standard InChI is InChI=1S/C13H14O4/c1-16-13(15)10-4-2-9(3-5-10)12(14)11-6-7-17-8-11/h2-5,11H,6-8H2,1H3. The number of rotatable bonds is 3. The van der Waals surface area contributed by atoms with Crippen molar-refractivity contribution in [2.24, 2.45) is 5.92 Å². The molecule has 1 aromatic carbocycles. The van der Waals surface area contributed by atoms with Gasteiger partial charge in [0.05, 0.1) is 19.3 Å². The van der Waals surface area contributed by atoms with E-state index in [2.05, 4.69) is 4.74 Å². The molecule has 1 fully saturated rings. The van der Waals surface area contributed by atoms with E-state index in [1.54, 1.807) is 24.3 Å². The first kappa shape index (κ1) is 11.8. The fourth-order valence-electron chi connectivity index (χ4n) is 1.87. The molecule has 90 valence electrons. The third-order valence-electron chi connectivity index (χ3n) is 2.89. The molecule has 0 aromatic heterocycles. The Morgan fingerprint density at radius 3 is 2.41 bits per heavy atom. The highest BCUT2D eigenvalue weighted by atomic mass is 16.5. The Balaban J connectivity index is 2.11. The van der Waals surface area contributed by atoms with Gasteiger partial charge in [0.15, 0.2) is 5.78 Å². The molecule has 4 nitrogen and oxygen atoms in total. The average molecular weight is 234 g/mol. The topological polar surface area (TPSA) is 52.6 Å². The molecule has 1 saturated heterocycles. The first-order chi connectivity index (χ1) is 8.22. The van der Waals surface area contributed by atoms with Crippen molar-refractivity contribution in [1.29, 1.82) is 0 Å². The largest absolute Gasteiger partial charge is 0.465 e. The van der Waals surface area contributed by atoms with Crippen LogP contribution in [0, 0.1) is 5.92 Å². The van der Waals surface area contributed by atoms with Crippen molar-refractivity contribution in [2.75, 3.05) is 20.3 Å². The van der Waals surface area contributed by atoms with Gasteiger partial charge >= 0.3 is 5.97 Å². The monoisotopic (exact) mass is 234 g/mol. The van der Waals surface area contributed by atoms with Gasteiger partial charge in [0, 0.05) is 18.1 Å². The van der Waals surface area contributed by atoms with Crippen LogP contribution < -0.4 is 0 Å². The van der Waals surface area contributed by atoms with Gasteiger partial charge in [0.2, 0.25) is 0 Å². The zero-order valence-electron chi connectivity index (χ0n) is 9.64. The molecular weight excluding hydrogens is 220 g/mol. The van der Waals surface area contributed by atoms with E-state index in [-0.39, 0.29) is 11.7 Å². The Hall–Kier alpha value is -1.68. The van der Waals surface area contributed by atoms with Crippen LogP contribution >= 0.6 is 0 Å². The summed E-state index contributed by atoms with van der Waals surface area (Å²) in [6, 6.07) is 6.53. The number of ether oxygens (including phenoxy) is 2. The molecule has 1 aliphatic rings. The summed E-state index contributed by atoms with van der Waals surface area (Å²) in [7, 11) is 1.33. The first-order valence-electron chi connectivity index (χ1n) is 5.52. The summed E-state index contributed by atoms with van der Waals surface area (Å²) in [5.41, 5.74) is 1.07. The van der Waals surface area contributed by atoms with Gasteiger partial charge in [-0.1, -0.05) is 12.1 Å². The van der Waals surface area contributed by atoms with E-state index >= 15 is 0 Å². The fraction of sp³-hybridized carbons (Fsp3) is 0.385. The molecule has 0 saturated carbocycles. The summed E-state index contributed by atoms with van der Waals surface area (Å²) in [4.78, 5) is 23.2. The van der Waals surface area contributed by atoms with E-state index in [1.165, 1.54) is 7.11 Å². The van der Waals surface area contributed by atoms with E-state index in [1.807, 2.05) is 0 Å². The van der Waals surface area contributed by atoms with E-state index in [0.29, 0.717) is 24.3 Å². The maximum absolute atomic E-state index is 12.0. The number of hydrogen-bond donors (Lipinski definition) is 0. The predicted molar refractivity (Wildman–Crippen MR) is 61.0 cm³/mol. The highest BCUT2D eigenvalue weighted by molar-refractivity contribution is 5.99. The number of carbonyl (C=O) groups excluding carboxylic acids is 2. The van der Waals surface area contributed by atoms with E-state index in [4.69, 9.17) is 4.74 Å². The van der Waals surface area contributed by atoms with Crippen molar-refractivity contribution in [1.82, 2.24) is 0 Å². The zero-order valence-corrected chi connectivity index (χ0v) is 9.64. The number of benzene rings is 1. The van der Waals surface area contributed by atoms with Crippen LogP contribution in [0.15, 0.2) is 24.3 Å². The maximum Gasteiger partial charge on any atom is 0.337 e. The molecule has 1 unspecified atom stereocenters. The fourth-order valence-corrected chi connectivity index (χ4v) is 1.87. The third kappa shape index (κ3) is 2.53. The van der Waals surface area contributed by atoms with Crippen LogP contribution in [0.4, 0.5) is 0 Å². The summed E-state index contributed by atoms with van der Waals surface area (Å²) in [5.74, 6) is -0.355. The van der Waals surface area contributed by atoms with Gasteiger partial charge in [-0.3, -0.25) is 4.79 Å². The SMILES string of the molecule is COC(=O)c1ccc(C(=O)C2CCOC2)cc1. The molecule has 0 amide bonds. The quantitative estimate of drug-likeness (QED) is 0.590. The lowest BCUT2D eigenvalue weighted by molar-refractivity contribution is 0.0600. The number of Topliss-reactive ketones (excluding diaryl/α,β-unsaturated/α-hetero) is 1. The molecule has 2 rings (SSSR count). The van der Waals surface area contributed by atoms with Gasteiger partial charge in [-0.25, -0.2) is 4.79 Å². The molecular formula is C13H14O4. The van der Waals surface area contributed by atoms with Gasteiger partial charge in [0.1, 0.15) is 0 Å². The summed E-state index contributed by atoms with van der Waals surface area (Å²) in [6.07, 6.45) is 0.775. The van der Waals surface area contributed by atoms with Gasteiger partial charge in [-0.15, -0.1) is 0 Å². The van der Waals surface area contributed by atoms with Crippen molar-refractivity contribution in [3.05, 3.63) is 35.4 Å². The number of esters is 1. The van der Waals surface area contributed by atoms with Crippen LogP contribution in [-0.2, 0) is 9.47 Å². The summed E-state index contributed by atoms with van der Waals surface area (Å²) >= 11 is 0. The van der Waals surface area contributed by atoms with Crippen molar-refractivity contribution in [3.63, 3.8) is 0 Å². The van der Waals surface area contributed by atoms with Gasteiger partial charge < -0.3 is 9.47 Å². The van der Waals surface area contributed by atoms with E-state index in [9.17, 15) is 9.59 Å². The van der Waals surface area contributed by atoms with E-state index in [0.717, 1.165) is 6.42 Å². The molecule has 1 heterocycles. The Morgan fingerprint density at radius 1 is 1.24 bits per heavy atom. The van der Waals surface area contributed by atoms with Crippen LogP contribution in [-0.4, -0.2) is 32.1 Å². The minimum atomic E-state index is -0.395. The minimum Gasteiger partial charge on any atom is -0.465 e. The van der Waals surface area contributed by atoms with Crippen molar-refractivity contribution < 1.29 is 19.1 Å². The zero-order chi connectivity index (χ0) is 12.3. The Kier molecular flexibility index (Phi) is 3.54. The van der Waals surface area contributed by atoms with Gasteiger partial charge in [0.25, 0.3) is 0 Å². The molecule has 1 aliphatic heterocycles. The van der Waals surface area contributed by atoms with Crippen LogP contribution in [0.25, 0.3) is 0 Å². The molecule has 0 radical (unpaired) electrons. The smallest absolute Gasteiger partial charge is 0.337 e. The second kappa shape index (κ2) is 5.10. The lowest BCUT2D eigenvalue weighted by Gasteiger charge is -2.06. The molecule has 0 bridgehead atoms. The number of carbonyl (C=O) groups is 2. The second-order valence-electron chi connectivity index (χ2n) is 3.99. The molecule has 1 aromatic rings. The number of methoxy groups -OCH3 is 1. The molecule has 0 aliphatic carbocycles. The van der Waals surface area contributed by atoms with Crippen molar-refractivity contribution in [2.45, 2.75) is 6.42 Å². The first-order valence-corrected chi connectivity index (χ1v) is 5.52. The van der Waals surface area contributed by atoms with Crippen LogP contribution in [0.3, 0.4) is 0 Å². The minimum absolute atomic E-state index is 0.0426. The highest BCUT2D eigenvalue weighted by Gasteiger charge is 2.24. The second-order valence-corrected chi connectivity index (χ2v) is 3.99.